The lowest BCUT2D eigenvalue weighted by molar-refractivity contribution is 0.173. The van der Waals surface area contributed by atoms with Gasteiger partial charge in [0.1, 0.15) is 11.7 Å². The third-order valence-corrected chi connectivity index (χ3v) is 4.88. The number of nitrogens with one attached hydrogen (secondary N) is 1. The summed E-state index contributed by atoms with van der Waals surface area (Å²) < 4.78 is 1.79. The lowest BCUT2D eigenvalue weighted by Crippen LogP contribution is -2.34. The summed E-state index contributed by atoms with van der Waals surface area (Å²) in [6, 6.07) is 18.4. The Hall–Kier alpha value is -2.88. The molecule has 0 spiro atoms. The topological polar surface area (TPSA) is 76.6 Å². The molecule has 132 valence electrons. The highest BCUT2D eigenvalue weighted by Crippen LogP contribution is 2.22. The molecule has 1 aliphatic heterocycles. The molecule has 2 N–H and O–H groups in total. The van der Waals surface area contributed by atoms with Crippen molar-refractivity contribution < 1.29 is 5.11 Å². The van der Waals surface area contributed by atoms with Crippen molar-refractivity contribution in [2.75, 3.05) is 18.4 Å². The molecule has 1 aromatic carbocycles. The Morgan fingerprint density at radius 2 is 2.00 bits per heavy atom. The van der Waals surface area contributed by atoms with E-state index in [-0.39, 0.29) is 12.1 Å². The number of hydrogen-bond acceptors (Lipinski definition) is 5. The number of nitriles is 1. The third kappa shape index (κ3) is 3.27. The molecule has 1 saturated heterocycles. The Bertz CT molecular complexity index is 930. The average Bonchev–Trinajstić information content (AvgIpc) is 3.20. The maximum absolute atomic E-state index is 10.1. The lowest BCUT2D eigenvalue weighted by atomic mass is 10.1. The lowest BCUT2D eigenvalue weighted by Gasteiger charge is -2.24. The first-order valence-corrected chi connectivity index (χ1v) is 8.81. The first-order chi connectivity index (χ1) is 12.7. The number of hydrogen-bond donors (Lipinski definition) is 2. The van der Waals surface area contributed by atoms with Gasteiger partial charge in [0.05, 0.1) is 6.10 Å². The molecule has 2 atom stereocenters. The summed E-state index contributed by atoms with van der Waals surface area (Å²) in [6.45, 7) is 2.11. The zero-order valence-electron chi connectivity index (χ0n) is 14.4. The summed E-state index contributed by atoms with van der Waals surface area (Å²) in [6.07, 6.45) is 2.24. The molecule has 3 aromatic rings. The molecule has 26 heavy (non-hydrogen) atoms. The van der Waals surface area contributed by atoms with Gasteiger partial charge in [-0.25, -0.2) is 4.98 Å². The van der Waals surface area contributed by atoms with Crippen LogP contribution in [0.2, 0.25) is 0 Å². The molecule has 0 amide bonds. The van der Waals surface area contributed by atoms with Gasteiger partial charge in [0.2, 0.25) is 0 Å². The van der Waals surface area contributed by atoms with Crippen molar-refractivity contribution in [1.82, 2.24) is 14.3 Å². The monoisotopic (exact) mass is 347 g/mol. The number of aliphatic hydroxyl groups is 1. The van der Waals surface area contributed by atoms with E-state index < -0.39 is 0 Å². The highest BCUT2D eigenvalue weighted by atomic mass is 16.3. The van der Waals surface area contributed by atoms with Gasteiger partial charge in [0, 0.05) is 31.9 Å². The van der Waals surface area contributed by atoms with E-state index in [9.17, 15) is 10.4 Å². The third-order valence-electron chi connectivity index (χ3n) is 4.88. The van der Waals surface area contributed by atoms with E-state index in [0.29, 0.717) is 24.6 Å². The number of rotatable bonds is 5. The maximum Gasteiger partial charge on any atom is 0.168 e. The first-order valence-electron chi connectivity index (χ1n) is 8.81. The molecule has 3 heterocycles. The van der Waals surface area contributed by atoms with Crippen molar-refractivity contribution >= 4 is 11.5 Å². The SMILES string of the molecule is N#Cc1c(NCC2CC(O)CN2Cc2ccccc2)nc2ccccn12. The number of β-amino-alcohol motifs (C(OH)–C–C–N with tert-alkyl or cyclic N) is 1. The Kier molecular flexibility index (Phi) is 4.57. The van der Waals surface area contributed by atoms with E-state index in [1.54, 1.807) is 4.40 Å². The van der Waals surface area contributed by atoms with Crippen LogP contribution in [0.15, 0.2) is 54.7 Å². The van der Waals surface area contributed by atoms with Gasteiger partial charge in [-0.05, 0) is 24.1 Å². The van der Waals surface area contributed by atoms with E-state index >= 15 is 0 Å². The number of aliphatic hydroxyl groups excluding tert-OH is 1. The second-order valence-corrected chi connectivity index (χ2v) is 6.69. The van der Waals surface area contributed by atoms with E-state index in [0.717, 1.165) is 18.6 Å². The average molecular weight is 347 g/mol. The van der Waals surface area contributed by atoms with Crippen LogP contribution >= 0.6 is 0 Å². The molecule has 4 rings (SSSR count). The fraction of sp³-hybridized carbons (Fsp3) is 0.300. The summed E-state index contributed by atoms with van der Waals surface area (Å²) >= 11 is 0. The minimum absolute atomic E-state index is 0.196. The molecular weight excluding hydrogens is 326 g/mol. The number of pyridine rings is 1. The van der Waals surface area contributed by atoms with Crippen LogP contribution in [0.25, 0.3) is 5.65 Å². The largest absolute Gasteiger partial charge is 0.392 e. The van der Waals surface area contributed by atoms with Crippen LogP contribution < -0.4 is 5.32 Å². The van der Waals surface area contributed by atoms with Gasteiger partial charge in [0.25, 0.3) is 0 Å². The zero-order chi connectivity index (χ0) is 17.9. The van der Waals surface area contributed by atoms with Crippen molar-refractivity contribution in [3.05, 3.63) is 66.0 Å². The van der Waals surface area contributed by atoms with Crippen LogP contribution in [0.4, 0.5) is 5.82 Å². The molecule has 0 saturated carbocycles. The quantitative estimate of drug-likeness (QED) is 0.740. The summed E-state index contributed by atoms with van der Waals surface area (Å²) in [5.74, 6) is 0.597. The number of aromatic nitrogens is 2. The van der Waals surface area contributed by atoms with Crippen molar-refractivity contribution in [3.63, 3.8) is 0 Å². The van der Waals surface area contributed by atoms with E-state index in [4.69, 9.17) is 0 Å². The van der Waals surface area contributed by atoms with Crippen molar-refractivity contribution in [3.8, 4) is 6.07 Å². The normalized spacial score (nSPS) is 20.3. The molecule has 0 bridgehead atoms. The fourth-order valence-corrected chi connectivity index (χ4v) is 3.62. The van der Waals surface area contributed by atoms with Crippen LogP contribution in [-0.4, -0.2) is 44.6 Å². The fourth-order valence-electron chi connectivity index (χ4n) is 3.62. The molecule has 6 nitrogen and oxygen atoms in total. The molecule has 0 radical (unpaired) electrons. The minimum atomic E-state index is -0.318. The number of fused-ring (bicyclic) bond motifs is 1. The van der Waals surface area contributed by atoms with E-state index in [2.05, 4.69) is 33.4 Å². The minimum Gasteiger partial charge on any atom is -0.392 e. The van der Waals surface area contributed by atoms with Crippen LogP contribution in [-0.2, 0) is 6.54 Å². The second kappa shape index (κ2) is 7.16. The molecule has 2 aromatic heterocycles. The van der Waals surface area contributed by atoms with Gasteiger partial charge in [-0.1, -0.05) is 36.4 Å². The zero-order valence-corrected chi connectivity index (χ0v) is 14.4. The van der Waals surface area contributed by atoms with Gasteiger partial charge in [-0.3, -0.25) is 9.30 Å². The first kappa shape index (κ1) is 16.6. The van der Waals surface area contributed by atoms with Crippen molar-refractivity contribution in [2.24, 2.45) is 0 Å². The maximum atomic E-state index is 10.1. The van der Waals surface area contributed by atoms with Gasteiger partial charge < -0.3 is 10.4 Å². The Morgan fingerprint density at radius 3 is 2.81 bits per heavy atom. The summed E-state index contributed by atoms with van der Waals surface area (Å²) in [7, 11) is 0. The van der Waals surface area contributed by atoms with Gasteiger partial charge in [-0.15, -0.1) is 0 Å². The highest BCUT2D eigenvalue weighted by Gasteiger charge is 2.31. The molecular formula is C20H21N5O. The van der Waals surface area contributed by atoms with Crippen molar-refractivity contribution in [2.45, 2.75) is 25.1 Å². The van der Waals surface area contributed by atoms with Crippen LogP contribution in [0, 0.1) is 11.3 Å². The molecule has 6 heteroatoms. The number of benzene rings is 1. The van der Waals surface area contributed by atoms with E-state index in [1.807, 2.05) is 42.6 Å². The van der Waals surface area contributed by atoms with Gasteiger partial charge in [0.15, 0.2) is 11.5 Å². The number of imidazole rings is 1. The van der Waals surface area contributed by atoms with Gasteiger partial charge in [-0.2, -0.15) is 5.26 Å². The predicted molar refractivity (Wildman–Crippen MR) is 99.7 cm³/mol. The number of likely N-dealkylation sites (tertiary alicyclic amines) is 1. The van der Waals surface area contributed by atoms with Crippen LogP contribution in [0.3, 0.4) is 0 Å². The van der Waals surface area contributed by atoms with Crippen LogP contribution in [0.1, 0.15) is 17.7 Å². The number of anilines is 1. The summed E-state index contributed by atoms with van der Waals surface area (Å²) in [5.41, 5.74) is 2.49. The smallest absolute Gasteiger partial charge is 0.168 e. The second-order valence-electron chi connectivity index (χ2n) is 6.69. The summed E-state index contributed by atoms with van der Waals surface area (Å²) in [4.78, 5) is 6.81. The van der Waals surface area contributed by atoms with Gasteiger partial charge >= 0.3 is 0 Å². The number of nitrogens with zero attached hydrogens (tertiary/aromatic N) is 4. The molecule has 0 aliphatic carbocycles. The Balaban J connectivity index is 1.49. The van der Waals surface area contributed by atoms with E-state index in [1.165, 1.54) is 5.56 Å². The molecule has 1 aliphatic rings. The summed E-state index contributed by atoms with van der Waals surface area (Å²) in [5, 5.41) is 22.9. The molecule has 1 fully saturated rings. The van der Waals surface area contributed by atoms with Crippen LogP contribution in [0.5, 0.6) is 0 Å². The standard InChI is InChI=1S/C20H21N5O/c21-11-18-20(23-19-8-4-5-9-25(18)19)22-12-16-10-17(26)14-24(16)13-15-6-2-1-3-7-15/h1-9,16-17,22,26H,10,12-14H2. The predicted octanol–water partition coefficient (Wildman–Crippen LogP) is 2.25. The Labute approximate surface area is 152 Å². The van der Waals surface area contributed by atoms with Crippen molar-refractivity contribution in [1.29, 1.82) is 5.26 Å². The highest BCUT2D eigenvalue weighted by molar-refractivity contribution is 5.58. The Morgan fingerprint density at radius 1 is 1.19 bits per heavy atom. The molecule has 2 unspecified atom stereocenters.